The van der Waals surface area contributed by atoms with Gasteiger partial charge in [-0.15, -0.1) is 11.3 Å². The van der Waals surface area contributed by atoms with Gasteiger partial charge in [-0.1, -0.05) is 30.3 Å². The van der Waals surface area contributed by atoms with Crippen molar-refractivity contribution in [3.63, 3.8) is 0 Å². The molecule has 4 rings (SSSR count). The van der Waals surface area contributed by atoms with Crippen LogP contribution in [0.4, 0.5) is 11.6 Å². The Bertz CT molecular complexity index is 966. The topological polar surface area (TPSA) is 74.2 Å². The fourth-order valence-electron chi connectivity index (χ4n) is 3.11. The highest BCUT2D eigenvalue weighted by atomic mass is 32.1. The summed E-state index contributed by atoms with van der Waals surface area (Å²) in [5, 5.41) is 3.73. The third-order valence-electron chi connectivity index (χ3n) is 4.75. The number of aryl methyl sites for hydroxylation is 1. The molecule has 7 nitrogen and oxygen atoms in total. The van der Waals surface area contributed by atoms with Crippen LogP contribution in [0.1, 0.15) is 15.4 Å². The van der Waals surface area contributed by atoms with Gasteiger partial charge < -0.3 is 15.1 Å². The van der Waals surface area contributed by atoms with Crippen molar-refractivity contribution in [3.05, 3.63) is 53.3 Å². The zero-order valence-corrected chi connectivity index (χ0v) is 16.7. The first-order valence-electron chi connectivity index (χ1n) is 9.20. The number of thiazole rings is 1. The number of amides is 1. The molecule has 1 aliphatic rings. The molecule has 0 aliphatic carbocycles. The lowest BCUT2D eigenvalue weighted by Crippen LogP contribution is -2.44. The van der Waals surface area contributed by atoms with Crippen LogP contribution in [0.2, 0.25) is 0 Å². The second kappa shape index (κ2) is 8.04. The van der Waals surface area contributed by atoms with Crippen molar-refractivity contribution < 1.29 is 4.79 Å². The van der Waals surface area contributed by atoms with E-state index in [1.807, 2.05) is 43.3 Å². The second-order valence-electron chi connectivity index (χ2n) is 6.81. The van der Waals surface area contributed by atoms with E-state index in [0.717, 1.165) is 48.3 Å². The van der Waals surface area contributed by atoms with E-state index >= 15 is 0 Å². The number of likely N-dealkylation sites (N-methyl/N-ethyl adjacent to an activating group) is 1. The average molecular weight is 395 g/mol. The Kier molecular flexibility index (Phi) is 5.31. The molecule has 1 aliphatic heterocycles. The van der Waals surface area contributed by atoms with E-state index in [-0.39, 0.29) is 5.91 Å². The second-order valence-corrected chi connectivity index (χ2v) is 7.80. The van der Waals surface area contributed by atoms with Crippen LogP contribution in [0.3, 0.4) is 0 Å². The molecule has 1 amide bonds. The van der Waals surface area contributed by atoms with Crippen LogP contribution in [0, 0.1) is 6.92 Å². The van der Waals surface area contributed by atoms with Crippen molar-refractivity contribution in [2.45, 2.75) is 6.92 Å². The Morgan fingerprint density at radius 3 is 2.61 bits per heavy atom. The van der Waals surface area contributed by atoms with E-state index in [2.05, 4.69) is 37.1 Å². The number of aromatic nitrogens is 3. The molecule has 0 bridgehead atoms. The highest BCUT2D eigenvalue weighted by Crippen LogP contribution is 2.28. The summed E-state index contributed by atoms with van der Waals surface area (Å²) in [7, 11) is 2.12. The molecule has 1 fully saturated rings. The number of carbonyl (C=O) groups excluding carboxylic acids is 1. The van der Waals surface area contributed by atoms with Crippen LogP contribution in [0.25, 0.3) is 10.6 Å². The third kappa shape index (κ3) is 4.02. The summed E-state index contributed by atoms with van der Waals surface area (Å²) in [6, 6.07) is 11.7. The molecule has 0 spiro atoms. The summed E-state index contributed by atoms with van der Waals surface area (Å²) < 4.78 is 0. The molecule has 1 N–H and O–H groups in total. The van der Waals surface area contributed by atoms with E-state index in [1.165, 1.54) is 17.7 Å². The van der Waals surface area contributed by atoms with E-state index in [1.54, 1.807) is 0 Å². The van der Waals surface area contributed by atoms with Gasteiger partial charge in [-0.2, -0.15) is 0 Å². The summed E-state index contributed by atoms with van der Waals surface area (Å²) in [5.41, 5.74) is 1.73. The Morgan fingerprint density at radius 2 is 1.86 bits per heavy atom. The molecule has 0 atom stereocenters. The van der Waals surface area contributed by atoms with Crippen LogP contribution in [-0.4, -0.2) is 59.0 Å². The number of nitrogens with one attached hydrogen (secondary N) is 1. The van der Waals surface area contributed by atoms with Gasteiger partial charge in [0, 0.05) is 37.8 Å². The summed E-state index contributed by atoms with van der Waals surface area (Å²) in [4.78, 5) is 31.0. The third-order valence-corrected chi connectivity index (χ3v) is 5.95. The number of piperazine rings is 1. The maximum absolute atomic E-state index is 12.8. The summed E-state index contributed by atoms with van der Waals surface area (Å²) in [6.07, 6.45) is 1.50. The van der Waals surface area contributed by atoms with E-state index in [0.29, 0.717) is 10.7 Å². The van der Waals surface area contributed by atoms with Crippen molar-refractivity contribution in [1.82, 2.24) is 19.9 Å². The lowest BCUT2D eigenvalue weighted by Gasteiger charge is -2.33. The van der Waals surface area contributed by atoms with Crippen molar-refractivity contribution in [1.29, 1.82) is 0 Å². The molecule has 0 saturated carbocycles. The van der Waals surface area contributed by atoms with Crippen molar-refractivity contribution in [2.75, 3.05) is 43.4 Å². The Morgan fingerprint density at radius 1 is 1.11 bits per heavy atom. The smallest absolute Gasteiger partial charge is 0.268 e. The fraction of sp³-hybridized carbons (Fsp3) is 0.300. The van der Waals surface area contributed by atoms with Crippen molar-refractivity contribution in [3.8, 4) is 10.6 Å². The first kappa shape index (κ1) is 18.5. The van der Waals surface area contributed by atoms with Gasteiger partial charge >= 0.3 is 0 Å². The summed E-state index contributed by atoms with van der Waals surface area (Å²) in [5.74, 6) is 1.15. The zero-order valence-electron chi connectivity index (χ0n) is 15.9. The average Bonchev–Trinajstić information content (AvgIpc) is 3.11. The normalized spacial score (nSPS) is 14.9. The van der Waals surface area contributed by atoms with Crippen LogP contribution in [0.5, 0.6) is 0 Å². The van der Waals surface area contributed by atoms with Crippen molar-refractivity contribution >= 4 is 28.9 Å². The van der Waals surface area contributed by atoms with Crippen LogP contribution in [-0.2, 0) is 0 Å². The number of nitrogens with zero attached hydrogens (tertiary/aromatic N) is 5. The monoisotopic (exact) mass is 394 g/mol. The van der Waals surface area contributed by atoms with E-state index in [9.17, 15) is 4.79 Å². The predicted molar refractivity (Wildman–Crippen MR) is 112 cm³/mol. The summed E-state index contributed by atoms with van der Waals surface area (Å²) in [6.45, 7) is 5.67. The van der Waals surface area contributed by atoms with E-state index < -0.39 is 0 Å². The number of benzene rings is 1. The zero-order chi connectivity index (χ0) is 19.5. The molecule has 0 radical (unpaired) electrons. The van der Waals surface area contributed by atoms with Gasteiger partial charge in [-0.05, 0) is 14.0 Å². The molecule has 3 aromatic rings. The quantitative estimate of drug-likeness (QED) is 0.733. The molecule has 28 heavy (non-hydrogen) atoms. The number of rotatable bonds is 4. The van der Waals surface area contributed by atoms with Crippen LogP contribution < -0.4 is 10.2 Å². The number of hydrogen-bond donors (Lipinski definition) is 1. The van der Waals surface area contributed by atoms with E-state index in [4.69, 9.17) is 0 Å². The minimum Gasteiger partial charge on any atom is -0.354 e. The van der Waals surface area contributed by atoms with Gasteiger partial charge in [-0.25, -0.2) is 15.0 Å². The lowest BCUT2D eigenvalue weighted by atomic mass is 10.2. The van der Waals surface area contributed by atoms with Gasteiger partial charge in [0.15, 0.2) is 0 Å². The molecule has 1 aromatic carbocycles. The largest absolute Gasteiger partial charge is 0.354 e. The minimum atomic E-state index is -0.194. The maximum Gasteiger partial charge on any atom is 0.268 e. The highest BCUT2D eigenvalue weighted by Gasteiger charge is 2.19. The summed E-state index contributed by atoms with van der Waals surface area (Å²) >= 11 is 1.39. The van der Waals surface area contributed by atoms with Gasteiger partial charge in [0.2, 0.25) is 0 Å². The molecular weight excluding hydrogens is 372 g/mol. The predicted octanol–water partition coefficient (Wildman–Crippen LogP) is 2.91. The Balaban J connectivity index is 1.50. The maximum atomic E-state index is 12.8. The number of hydrogen-bond acceptors (Lipinski definition) is 7. The fourth-order valence-corrected chi connectivity index (χ4v) is 4.08. The molecule has 2 aromatic heterocycles. The van der Waals surface area contributed by atoms with Gasteiger partial charge in [0.25, 0.3) is 5.91 Å². The molecule has 8 heteroatoms. The van der Waals surface area contributed by atoms with Crippen molar-refractivity contribution in [2.24, 2.45) is 0 Å². The van der Waals surface area contributed by atoms with Crippen LogP contribution >= 0.6 is 11.3 Å². The molecule has 1 saturated heterocycles. The molecular formula is C20H22N6OS. The standard InChI is InChI=1S/C20H22N6OS/c1-14-18(28-20(23-14)15-6-4-3-5-7-15)19(27)24-16-12-17(22-13-21-16)26-10-8-25(2)9-11-26/h3-7,12-13H,8-11H2,1-2H3,(H,21,22,24,27). The lowest BCUT2D eigenvalue weighted by molar-refractivity contribution is 0.102. The molecule has 3 heterocycles. The molecule has 144 valence electrons. The minimum absolute atomic E-state index is 0.194. The number of anilines is 2. The molecule has 0 unspecified atom stereocenters. The first-order chi connectivity index (χ1) is 13.6. The Labute approximate surface area is 168 Å². The van der Waals surface area contributed by atoms with Crippen LogP contribution in [0.15, 0.2) is 42.7 Å². The van der Waals surface area contributed by atoms with Gasteiger partial charge in [-0.3, -0.25) is 4.79 Å². The first-order valence-corrected chi connectivity index (χ1v) is 10.0. The number of carbonyl (C=O) groups is 1. The van der Waals surface area contributed by atoms with Gasteiger partial charge in [0.05, 0.1) is 5.69 Å². The Hall–Kier alpha value is -2.84. The van der Waals surface area contributed by atoms with Gasteiger partial charge in [0.1, 0.15) is 27.8 Å². The SMILES string of the molecule is Cc1nc(-c2ccccc2)sc1C(=O)Nc1cc(N2CCN(C)CC2)ncn1. The highest BCUT2D eigenvalue weighted by molar-refractivity contribution is 7.17.